The average Bonchev–Trinajstić information content (AvgIpc) is 3.35. The maximum absolute atomic E-state index is 13.5. The van der Waals surface area contributed by atoms with E-state index in [1.54, 1.807) is 36.3 Å². The van der Waals surface area contributed by atoms with Crippen molar-refractivity contribution in [2.24, 2.45) is 0 Å². The Morgan fingerprint density at radius 1 is 1.09 bits per heavy atom. The molecule has 1 fully saturated rings. The van der Waals surface area contributed by atoms with Crippen LogP contribution in [0.4, 0.5) is 10.8 Å². The first-order valence-electron chi connectivity index (χ1n) is 10.2. The van der Waals surface area contributed by atoms with Crippen molar-refractivity contribution < 1.29 is 19.1 Å². The van der Waals surface area contributed by atoms with E-state index in [9.17, 15) is 14.4 Å². The minimum atomic E-state index is -0.246. The van der Waals surface area contributed by atoms with E-state index in [2.05, 4.69) is 4.98 Å². The molecule has 0 spiro atoms. The molecule has 3 aromatic rings. The zero-order valence-electron chi connectivity index (χ0n) is 18.2. The van der Waals surface area contributed by atoms with Crippen molar-refractivity contribution in [3.05, 3.63) is 48.0 Å². The molecule has 2 heterocycles. The summed E-state index contributed by atoms with van der Waals surface area (Å²) in [4.78, 5) is 47.3. The molecule has 2 aromatic carbocycles. The first kappa shape index (κ1) is 21.9. The minimum Gasteiger partial charge on any atom is -0.497 e. The van der Waals surface area contributed by atoms with E-state index in [0.29, 0.717) is 29.5 Å². The molecule has 0 N–H and O–H groups in total. The van der Waals surface area contributed by atoms with Gasteiger partial charge in [-0.3, -0.25) is 24.2 Å². The van der Waals surface area contributed by atoms with Crippen molar-refractivity contribution in [2.75, 3.05) is 44.1 Å². The number of carbonyl (C=O) groups excluding carboxylic acids is 3. The van der Waals surface area contributed by atoms with Gasteiger partial charge in [0, 0.05) is 31.5 Å². The molecule has 3 amide bonds. The fraction of sp³-hybridized carbons (Fsp3) is 0.304. The van der Waals surface area contributed by atoms with E-state index in [4.69, 9.17) is 4.74 Å². The number of nitrogens with zero attached hydrogens (tertiary/aromatic N) is 4. The smallest absolute Gasteiger partial charge is 0.260 e. The fourth-order valence-corrected chi connectivity index (χ4v) is 4.54. The van der Waals surface area contributed by atoms with Crippen LogP contribution in [-0.2, 0) is 9.59 Å². The standard InChI is InChI=1S/C23H24N4O4S/c1-25(2)11-12-26(23-24-18-8-7-17(31-3)14-19(18)32-23)22(30)15-5-4-6-16(13-15)27-20(28)9-10-21(27)29/h4-8,13-14H,9-12H2,1-3H3. The highest BCUT2D eigenvalue weighted by molar-refractivity contribution is 7.22. The van der Waals surface area contributed by atoms with Gasteiger partial charge in [0.1, 0.15) is 5.75 Å². The molecule has 1 saturated heterocycles. The molecule has 0 saturated carbocycles. The molecule has 1 aliphatic heterocycles. The van der Waals surface area contributed by atoms with Gasteiger partial charge in [-0.2, -0.15) is 0 Å². The number of benzene rings is 2. The van der Waals surface area contributed by atoms with Gasteiger partial charge >= 0.3 is 0 Å². The maximum Gasteiger partial charge on any atom is 0.260 e. The van der Waals surface area contributed by atoms with Crippen molar-refractivity contribution >= 4 is 50.1 Å². The number of rotatable bonds is 7. The van der Waals surface area contributed by atoms with E-state index >= 15 is 0 Å². The highest BCUT2D eigenvalue weighted by Gasteiger charge is 2.31. The van der Waals surface area contributed by atoms with Crippen LogP contribution in [0.15, 0.2) is 42.5 Å². The van der Waals surface area contributed by atoms with Crippen LogP contribution in [0.3, 0.4) is 0 Å². The molecular weight excluding hydrogens is 428 g/mol. The van der Waals surface area contributed by atoms with Crippen LogP contribution in [-0.4, -0.2) is 61.9 Å². The third-order valence-electron chi connectivity index (χ3n) is 5.23. The molecule has 32 heavy (non-hydrogen) atoms. The Bertz CT molecular complexity index is 1170. The van der Waals surface area contributed by atoms with Crippen LogP contribution in [0.5, 0.6) is 5.75 Å². The Morgan fingerprint density at radius 2 is 1.84 bits per heavy atom. The maximum atomic E-state index is 13.5. The first-order chi connectivity index (χ1) is 15.4. The third-order valence-corrected chi connectivity index (χ3v) is 6.28. The van der Waals surface area contributed by atoms with Crippen LogP contribution >= 0.6 is 11.3 Å². The van der Waals surface area contributed by atoms with Gasteiger partial charge in [0.2, 0.25) is 11.8 Å². The van der Waals surface area contributed by atoms with Gasteiger partial charge in [-0.05, 0) is 50.5 Å². The van der Waals surface area contributed by atoms with Gasteiger partial charge < -0.3 is 9.64 Å². The van der Waals surface area contributed by atoms with Gasteiger partial charge in [-0.1, -0.05) is 17.4 Å². The third kappa shape index (κ3) is 4.35. The molecule has 0 bridgehead atoms. The number of methoxy groups -OCH3 is 1. The van der Waals surface area contributed by atoms with Crippen LogP contribution < -0.4 is 14.5 Å². The summed E-state index contributed by atoms with van der Waals surface area (Å²) in [7, 11) is 5.49. The Labute approximate surface area is 190 Å². The molecular formula is C23H24N4O4S. The van der Waals surface area contributed by atoms with Gasteiger partial charge in [0.05, 0.1) is 23.0 Å². The van der Waals surface area contributed by atoms with Crippen LogP contribution in [0.2, 0.25) is 0 Å². The SMILES string of the molecule is COc1ccc2nc(N(CCN(C)C)C(=O)c3cccc(N4C(=O)CCC4=O)c3)sc2c1. The summed E-state index contributed by atoms with van der Waals surface area (Å²) < 4.78 is 6.22. The average molecular weight is 453 g/mol. The van der Waals surface area contributed by atoms with Crippen LogP contribution in [0.1, 0.15) is 23.2 Å². The minimum absolute atomic E-state index is 0.196. The van der Waals surface area contributed by atoms with Crippen molar-refractivity contribution in [1.29, 1.82) is 0 Å². The molecule has 4 rings (SSSR count). The topological polar surface area (TPSA) is 83.1 Å². The predicted octanol–water partition coefficient (Wildman–Crippen LogP) is 3.17. The molecule has 0 radical (unpaired) electrons. The van der Waals surface area contributed by atoms with Crippen molar-refractivity contribution in [3.8, 4) is 5.75 Å². The van der Waals surface area contributed by atoms with E-state index in [0.717, 1.165) is 20.9 Å². The number of thiazole rings is 1. The number of fused-ring (bicyclic) bond motifs is 1. The lowest BCUT2D eigenvalue weighted by molar-refractivity contribution is -0.121. The quantitative estimate of drug-likeness (QED) is 0.512. The van der Waals surface area contributed by atoms with Gasteiger partial charge in [0.15, 0.2) is 5.13 Å². The summed E-state index contributed by atoms with van der Waals surface area (Å²) in [6, 6.07) is 12.3. The van der Waals surface area contributed by atoms with E-state index < -0.39 is 0 Å². The highest BCUT2D eigenvalue weighted by atomic mass is 32.1. The van der Waals surface area contributed by atoms with Crippen molar-refractivity contribution in [2.45, 2.75) is 12.8 Å². The number of anilines is 2. The second kappa shape index (κ2) is 9.05. The largest absolute Gasteiger partial charge is 0.497 e. The number of carbonyl (C=O) groups is 3. The number of amides is 3. The molecule has 0 aliphatic carbocycles. The summed E-state index contributed by atoms with van der Waals surface area (Å²) in [6.07, 6.45) is 0.391. The second-order valence-corrected chi connectivity index (χ2v) is 8.77. The lowest BCUT2D eigenvalue weighted by Crippen LogP contribution is -2.37. The normalized spacial score (nSPS) is 13.9. The predicted molar refractivity (Wildman–Crippen MR) is 125 cm³/mol. The molecule has 8 nitrogen and oxygen atoms in total. The van der Waals surface area contributed by atoms with E-state index in [-0.39, 0.29) is 30.6 Å². The number of hydrogen-bond acceptors (Lipinski definition) is 7. The Morgan fingerprint density at radius 3 is 2.53 bits per heavy atom. The summed E-state index contributed by atoms with van der Waals surface area (Å²) in [5.74, 6) is -0.00120. The zero-order chi connectivity index (χ0) is 22.8. The molecule has 166 valence electrons. The molecule has 1 aromatic heterocycles. The number of imide groups is 1. The monoisotopic (exact) mass is 452 g/mol. The van der Waals surface area contributed by atoms with Crippen molar-refractivity contribution in [1.82, 2.24) is 9.88 Å². The summed E-state index contributed by atoms with van der Waals surface area (Å²) in [5, 5.41) is 0.582. The van der Waals surface area contributed by atoms with Crippen LogP contribution in [0.25, 0.3) is 10.2 Å². The van der Waals surface area contributed by atoms with Crippen molar-refractivity contribution in [3.63, 3.8) is 0 Å². The number of likely N-dealkylation sites (N-methyl/N-ethyl adjacent to an activating group) is 1. The highest BCUT2D eigenvalue weighted by Crippen LogP contribution is 2.32. The van der Waals surface area contributed by atoms with Gasteiger partial charge in [-0.15, -0.1) is 0 Å². The zero-order valence-corrected chi connectivity index (χ0v) is 19.0. The molecule has 9 heteroatoms. The summed E-state index contributed by atoms with van der Waals surface area (Å²) >= 11 is 1.42. The second-order valence-electron chi connectivity index (χ2n) is 7.76. The van der Waals surface area contributed by atoms with E-state index in [1.165, 1.54) is 11.3 Å². The number of hydrogen-bond donors (Lipinski definition) is 0. The van der Waals surface area contributed by atoms with E-state index in [1.807, 2.05) is 37.2 Å². The van der Waals surface area contributed by atoms with Crippen LogP contribution in [0, 0.1) is 0 Å². The summed E-state index contributed by atoms with van der Waals surface area (Å²) in [6.45, 7) is 1.09. The van der Waals surface area contributed by atoms with Gasteiger partial charge in [0.25, 0.3) is 5.91 Å². The Balaban J connectivity index is 1.69. The molecule has 1 aliphatic rings. The van der Waals surface area contributed by atoms with Gasteiger partial charge in [-0.25, -0.2) is 4.98 Å². The molecule has 0 atom stereocenters. The lowest BCUT2D eigenvalue weighted by atomic mass is 10.1. The first-order valence-corrected chi connectivity index (χ1v) is 11.1. The number of aromatic nitrogens is 1. The summed E-state index contributed by atoms with van der Waals surface area (Å²) in [5.41, 5.74) is 1.60. The Hall–Kier alpha value is -3.30. The molecule has 0 unspecified atom stereocenters. The lowest BCUT2D eigenvalue weighted by Gasteiger charge is -2.22. The fourth-order valence-electron chi connectivity index (χ4n) is 3.52. The Kier molecular flexibility index (Phi) is 6.20. The number of ether oxygens (including phenoxy) is 1.